The predicted octanol–water partition coefficient (Wildman–Crippen LogP) is 5.56. The summed E-state index contributed by atoms with van der Waals surface area (Å²) in [6.07, 6.45) is 0. The monoisotopic (exact) mass is 455 g/mol. The SMILES string of the molecule is O=C(Nc1ccc2oc(-c3cccc(F)c3)nc2c1)c1cc([N+](=O)[O-])ccc1Br. The van der Waals surface area contributed by atoms with E-state index in [1.54, 1.807) is 30.3 Å². The lowest BCUT2D eigenvalue weighted by atomic mass is 10.2. The summed E-state index contributed by atoms with van der Waals surface area (Å²) in [6.45, 7) is 0. The van der Waals surface area contributed by atoms with Crippen molar-refractivity contribution in [1.29, 1.82) is 0 Å². The van der Waals surface area contributed by atoms with Crippen molar-refractivity contribution in [3.05, 3.63) is 86.6 Å². The maximum absolute atomic E-state index is 13.4. The van der Waals surface area contributed by atoms with Crippen molar-refractivity contribution in [1.82, 2.24) is 4.98 Å². The number of carbonyl (C=O) groups is 1. The molecule has 3 aromatic carbocycles. The fourth-order valence-corrected chi connectivity index (χ4v) is 3.18. The zero-order valence-electron chi connectivity index (χ0n) is 14.6. The summed E-state index contributed by atoms with van der Waals surface area (Å²) in [5.41, 5.74) is 1.80. The summed E-state index contributed by atoms with van der Waals surface area (Å²) < 4.78 is 19.5. The minimum atomic E-state index is -0.571. The van der Waals surface area contributed by atoms with E-state index in [4.69, 9.17) is 4.42 Å². The number of aromatic nitrogens is 1. The number of oxazole rings is 1. The van der Waals surface area contributed by atoms with Crippen LogP contribution in [0.5, 0.6) is 0 Å². The van der Waals surface area contributed by atoms with Gasteiger partial charge in [-0.05, 0) is 58.4 Å². The van der Waals surface area contributed by atoms with Crippen molar-refractivity contribution in [3.63, 3.8) is 0 Å². The lowest BCUT2D eigenvalue weighted by Gasteiger charge is -2.06. The zero-order valence-corrected chi connectivity index (χ0v) is 16.1. The molecule has 0 spiro atoms. The highest BCUT2D eigenvalue weighted by molar-refractivity contribution is 9.10. The highest BCUT2D eigenvalue weighted by atomic mass is 79.9. The van der Waals surface area contributed by atoms with Gasteiger partial charge in [-0.1, -0.05) is 6.07 Å². The van der Waals surface area contributed by atoms with Crippen LogP contribution < -0.4 is 5.32 Å². The number of benzene rings is 3. The Morgan fingerprint density at radius 2 is 1.97 bits per heavy atom. The highest BCUT2D eigenvalue weighted by Gasteiger charge is 2.16. The highest BCUT2D eigenvalue weighted by Crippen LogP contribution is 2.28. The molecule has 1 amide bonds. The van der Waals surface area contributed by atoms with Gasteiger partial charge in [0.15, 0.2) is 5.58 Å². The number of amides is 1. The third-order valence-electron chi connectivity index (χ3n) is 4.12. The number of nitro groups is 1. The molecular formula is C20H11BrFN3O4. The molecule has 0 bridgehead atoms. The number of hydrogen-bond acceptors (Lipinski definition) is 5. The first-order valence-corrected chi connectivity index (χ1v) is 9.12. The van der Waals surface area contributed by atoms with E-state index in [-0.39, 0.29) is 17.1 Å². The minimum absolute atomic E-state index is 0.125. The van der Waals surface area contributed by atoms with Crippen molar-refractivity contribution >= 4 is 44.3 Å². The molecule has 7 nitrogen and oxygen atoms in total. The Morgan fingerprint density at radius 1 is 1.14 bits per heavy atom. The first-order chi connectivity index (χ1) is 13.9. The number of rotatable bonds is 4. The van der Waals surface area contributed by atoms with E-state index < -0.39 is 16.6 Å². The first-order valence-electron chi connectivity index (χ1n) is 8.32. The maximum Gasteiger partial charge on any atom is 0.270 e. The molecule has 4 rings (SSSR count). The average Bonchev–Trinajstić information content (AvgIpc) is 3.11. The number of nitro benzene ring substituents is 1. The second kappa shape index (κ2) is 7.44. The van der Waals surface area contributed by atoms with Crippen LogP contribution in [0.3, 0.4) is 0 Å². The number of anilines is 1. The van der Waals surface area contributed by atoms with Gasteiger partial charge in [-0.25, -0.2) is 9.37 Å². The van der Waals surface area contributed by atoms with Gasteiger partial charge >= 0.3 is 0 Å². The van der Waals surface area contributed by atoms with E-state index in [0.29, 0.717) is 26.8 Å². The normalized spacial score (nSPS) is 10.8. The van der Waals surface area contributed by atoms with Gasteiger partial charge in [0.05, 0.1) is 10.5 Å². The summed E-state index contributed by atoms with van der Waals surface area (Å²) in [5, 5.41) is 13.6. The van der Waals surface area contributed by atoms with E-state index in [2.05, 4.69) is 26.2 Å². The Hall–Kier alpha value is -3.59. The number of nitrogens with zero attached hydrogens (tertiary/aromatic N) is 2. The summed E-state index contributed by atoms with van der Waals surface area (Å²) in [7, 11) is 0. The van der Waals surface area contributed by atoms with Gasteiger partial charge in [0.1, 0.15) is 11.3 Å². The Balaban J connectivity index is 1.63. The molecule has 29 heavy (non-hydrogen) atoms. The molecule has 0 saturated carbocycles. The minimum Gasteiger partial charge on any atom is -0.436 e. The third-order valence-corrected chi connectivity index (χ3v) is 4.81. The molecular weight excluding hydrogens is 445 g/mol. The lowest BCUT2D eigenvalue weighted by Crippen LogP contribution is -2.12. The lowest BCUT2D eigenvalue weighted by molar-refractivity contribution is -0.384. The van der Waals surface area contributed by atoms with Crippen molar-refractivity contribution in [2.24, 2.45) is 0 Å². The van der Waals surface area contributed by atoms with Gasteiger partial charge < -0.3 is 9.73 Å². The Bertz CT molecular complexity index is 1270. The Kier molecular flexibility index (Phi) is 4.81. The Labute approximate surface area is 171 Å². The summed E-state index contributed by atoms with van der Waals surface area (Å²) in [5.74, 6) is -0.668. The van der Waals surface area contributed by atoms with Crippen LogP contribution in [0.4, 0.5) is 15.8 Å². The van der Waals surface area contributed by atoms with Gasteiger partial charge in [-0.3, -0.25) is 14.9 Å². The van der Waals surface area contributed by atoms with Crippen molar-refractivity contribution < 1.29 is 18.5 Å². The fraction of sp³-hybridized carbons (Fsp3) is 0. The quantitative estimate of drug-likeness (QED) is 0.321. The van der Waals surface area contributed by atoms with Crippen LogP contribution in [0.1, 0.15) is 10.4 Å². The third kappa shape index (κ3) is 3.85. The number of carbonyl (C=O) groups excluding carboxylic acids is 1. The van der Waals surface area contributed by atoms with Gasteiger partial charge in [0.2, 0.25) is 5.89 Å². The van der Waals surface area contributed by atoms with Crippen LogP contribution in [0, 0.1) is 15.9 Å². The van der Waals surface area contributed by atoms with Crippen LogP contribution in [0.15, 0.2) is 69.6 Å². The standard InChI is InChI=1S/C20H11BrFN3O4/c21-16-6-5-14(25(27)28)10-15(16)19(26)23-13-4-7-18-17(9-13)24-20(29-18)11-2-1-3-12(22)8-11/h1-10H,(H,23,26). The number of fused-ring (bicyclic) bond motifs is 1. The summed E-state index contributed by atoms with van der Waals surface area (Å²) in [6, 6.07) is 14.7. The molecule has 144 valence electrons. The average molecular weight is 456 g/mol. The van der Waals surface area contributed by atoms with Crippen LogP contribution in [0.25, 0.3) is 22.6 Å². The van der Waals surface area contributed by atoms with Gasteiger partial charge in [-0.2, -0.15) is 0 Å². The molecule has 1 aromatic heterocycles. The van der Waals surface area contributed by atoms with Crippen LogP contribution in [0.2, 0.25) is 0 Å². The smallest absolute Gasteiger partial charge is 0.270 e. The number of non-ortho nitro benzene ring substituents is 1. The summed E-state index contributed by atoms with van der Waals surface area (Å²) >= 11 is 3.23. The molecule has 0 unspecified atom stereocenters. The number of halogens is 2. The largest absolute Gasteiger partial charge is 0.436 e. The molecule has 4 aromatic rings. The summed E-state index contributed by atoms with van der Waals surface area (Å²) in [4.78, 5) is 27.3. The van der Waals surface area contributed by atoms with Crippen LogP contribution >= 0.6 is 15.9 Å². The molecule has 0 aliphatic carbocycles. The molecule has 0 fully saturated rings. The molecule has 1 N–H and O–H groups in total. The van der Waals surface area contributed by atoms with Gasteiger partial charge in [0, 0.05) is 27.9 Å². The number of nitrogens with one attached hydrogen (secondary N) is 1. The zero-order chi connectivity index (χ0) is 20.5. The predicted molar refractivity (Wildman–Crippen MR) is 108 cm³/mol. The molecule has 0 radical (unpaired) electrons. The first kappa shape index (κ1) is 18.8. The van der Waals surface area contributed by atoms with Crippen molar-refractivity contribution in [2.75, 3.05) is 5.32 Å². The van der Waals surface area contributed by atoms with Crippen molar-refractivity contribution in [3.8, 4) is 11.5 Å². The number of hydrogen-bond donors (Lipinski definition) is 1. The second-order valence-electron chi connectivity index (χ2n) is 6.09. The van der Waals surface area contributed by atoms with Crippen LogP contribution in [-0.2, 0) is 0 Å². The fourth-order valence-electron chi connectivity index (χ4n) is 2.75. The van der Waals surface area contributed by atoms with Crippen molar-refractivity contribution in [2.45, 2.75) is 0 Å². The second-order valence-corrected chi connectivity index (χ2v) is 6.94. The van der Waals surface area contributed by atoms with E-state index >= 15 is 0 Å². The molecule has 0 saturated heterocycles. The van der Waals surface area contributed by atoms with E-state index in [0.717, 1.165) is 0 Å². The van der Waals surface area contributed by atoms with Crippen LogP contribution in [-0.4, -0.2) is 15.8 Å². The molecule has 1 heterocycles. The van der Waals surface area contributed by atoms with Gasteiger partial charge in [0.25, 0.3) is 11.6 Å². The van der Waals surface area contributed by atoms with E-state index in [9.17, 15) is 19.3 Å². The van der Waals surface area contributed by atoms with E-state index in [1.165, 1.54) is 30.3 Å². The maximum atomic E-state index is 13.4. The molecule has 0 aliphatic rings. The van der Waals surface area contributed by atoms with Gasteiger partial charge in [-0.15, -0.1) is 0 Å². The topological polar surface area (TPSA) is 98.3 Å². The van der Waals surface area contributed by atoms with E-state index in [1.807, 2.05) is 0 Å². The molecule has 0 atom stereocenters. The Morgan fingerprint density at radius 3 is 2.72 bits per heavy atom. The molecule has 9 heteroatoms. The molecule has 0 aliphatic heterocycles.